The van der Waals surface area contributed by atoms with Gasteiger partial charge in [0.25, 0.3) is 11.5 Å². The van der Waals surface area contributed by atoms with E-state index in [0.717, 1.165) is 12.1 Å². The summed E-state index contributed by atoms with van der Waals surface area (Å²) in [5.74, 6) is -2.57. The molecule has 0 saturated heterocycles. The zero-order chi connectivity index (χ0) is 14.9. The number of benzene rings is 1. The van der Waals surface area contributed by atoms with Gasteiger partial charge in [0.1, 0.15) is 5.69 Å². The molecule has 1 heterocycles. The van der Waals surface area contributed by atoms with Gasteiger partial charge in [-0.1, -0.05) is 6.92 Å². The molecule has 4 nitrogen and oxygen atoms in total. The fraction of sp³-hybridized carbons (Fsp3) is 0.286. The highest BCUT2D eigenvalue weighted by Gasteiger charge is 2.16. The molecule has 0 spiro atoms. The van der Waals surface area contributed by atoms with Crippen LogP contribution >= 0.6 is 0 Å². The van der Waals surface area contributed by atoms with E-state index in [4.69, 9.17) is 0 Å². The van der Waals surface area contributed by atoms with E-state index >= 15 is 0 Å². The van der Waals surface area contributed by atoms with Gasteiger partial charge in [-0.3, -0.25) is 9.59 Å². The third-order valence-corrected chi connectivity index (χ3v) is 3.06. The summed E-state index contributed by atoms with van der Waals surface area (Å²) in [5.41, 5.74) is -0.361. The van der Waals surface area contributed by atoms with Gasteiger partial charge in [0, 0.05) is 13.6 Å². The van der Waals surface area contributed by atoms with Crippen molar-refractivity contribution in [2.75, 3.05) is 7.05 Å². The van der Waals surface area contributed by atoms with Crippen LogP contribution in [0.1, 0.15) is 23.8 Å². The number of carbonyl (C=O) groups is 1. The van der Waals surface area contributed by atoms with E-state index in [1.54, 1.807) is 0 Å². The molecular weight excluding hydrogens is 266 g/mol. The predicted molar refractivity (Wildman–Crippen MR) is 71.8 cm³/mol. The summed E-state index contributed by atoms with van der Waals surface area (Å²) in [5, 5.41) is 2.70. The summed E-state index contributed by atoms with van der Waals surface area (Å²) < 4.78 is 27.8. The summed E-state index contributed by atoms with van der Waals surface area (Å²) in [7, 11) is 1.44. The Morgan fingerprint density at radius 1 is 1.25 bits per heavy atom. The topological polar surface area (TPSA) is 51.1 Å². The summed E-state index contributed by atoms with van der Waals surface area (Å²) >= 11 is 0. The van der Waals surface area contributed by atoms with E-state index in [-0.39, 0.29) is 16.5 Å². The second-order valence-corrected chi connectivity index (χ2v) is 4.42. The maximum atomic E-state index is 13.3. The molecule has 0 radical (unpaired) electrons. The van der Waals surface area contributed by atoms with Crippen LogP contribution in [0.2, 0.25) is 0 Å². The third-order valence-electron chi connectivity index (χ3n) is 3.06. The molecule has 2 aromatic rings. The Morgan fingerprint density at radius 2 is 1.90 bits per heavy atom. The fourth-order valence-corrected chi connectivity index (χ4v) is 2.11. The van der Waals surface area contributed by atoms with Crippen LogP contribution in [-0.4, -0.2) is 17.5 Å². The zero-order valence-corrected chi connectivity index (χ0v) is 11.2. The minimum atomic E-state index is -1.08. The van der Waals surface area contributed by atoms with E-state index in [1.165, 1.54) is 17.7 Å². The van der Waals surface area contributed by atoms with Crippen LogP contribution < -0.4 is 10.9 Å². The lowest BCUT2D eigenvalue weighted by molar-refractivity contribution is 0.0952. The van der Waals surface area contributed by atoms with Gasteiger partial charge < -0.3 is 9.88 Å². The number of amides is 1. The fourth-order valence-electron chi connectivity index (χ4n) is 2.11. The summed E-state index contributed by atoms with van der Waals surface area (Å²) in [6, 6.07) is 3.19. The molecule has 20 heavy (non-hydrogen) atoms. The summed E-state index contributed by atoms with van der Waals surface area (Å²) in [4.78, 5) is 24.1. The van der Waals surface area contributed by atoms with E-state index in [0.29, 0.717) is 13.0 Å². The Balaban J connectivity index is 2.85. The highest BCUT2D eigenvalue weighted by molar-refractivity contribution is 5.96. The van der Waals surface area contributed by atoms with Crippen LogP contribution in [0.25, 0.3) is 10.8 Å². The van der Waals surface area contributed by atoms with Crippen LogP contribution in [-0.2, 0) is 6.54 Å². The molecule has 0 aliphatic heterocycles. The Labute approximate surface area is 114 Å². The second kappa shape index (κ2) is 5.40. The zero-order valence-electron chi connectivity index (χ0n) is 11.2. The number of pyridine rings is 1. The van der Waals surface area contributed by atoms with Crippen LogP contribution in [0.15, 0.2) is 23.0 Å². The number of nitrogens with zero attached hydrogens (tertiary/aromatic N) is 1. The Morgan fingerprint density at radius 3 is 2.50 bits per heavy atom. The molecule has 1 aromatic heterocycles. The predicted octanol–water partition coefficient (Wildman–Crippen LogP) is 2.05. The SMILES string of the molecule is CCCn1c(C(=O)NC)cc2cc(F)c(F)cc2c1=O. The normalized spacial score (nSPS) is 10.8. The van der Waals surface area contributed by atoms with E-state index in [1.807, 2.05) is 6.92 Å². The van der Waals surface area contributed by atoms with Gasteiger partial charge >= 0.3 is 0 Å². The maximum absolute atomic E-state index is 13.3. The molecule has 1 amide bonds. The average Bonchev–Trinajstić information content (AvgIpc) is 2.43. The maximum Gasteiger partial charge on any atom is 0.267 e. The molecular formula is C14H14F2N2O2. The average molecular weight is 280 g/mol. The van der Waals surface area contributed by atoms with Crippen molar-refractivity contribution in [2.45, 2.75) is 19.9 Å². The Hall–Kier alpha value is -2.24. The molecule has 0 aliphatic carbocycles. The number of carbonyl (C=O) groups excluding carboxylic acids is 1. The van der Waals surface area contributed by atoms with Crippen molar-refractivity contribution in [1.29, 1.82) is 0 Å². The first-order chi connectivity index (χ1) is 9.49. The van der Waals surface area contributed by atoms with Crippen molar-refractivity contribution in [1.82, 2.24) is 9.88 Å². The van der Waals surface area contributed by atoms with Gasteiger partial charge in [0.2, 0.25) is 0 Å². The van der Waals surface area contributed by atoms with Crippen molar-refractivity contribution < 1.29 is 13.6 Å². The van der Waals surface area contributed by atoms with Gasteiger partial charge in [-0.2, -0.15) is 0 Å². The number of nitrogens with one attached hydrogen (secondary N) is 1. The summed E-state index contributed by atoms with van der Waals surface area (Å²) in [6.45, 7) is 2.19. The van der Waals surface area contributed by atoms with Gasteiger partial charge in [-0.15, -0.1) is 0 Å². The minimum Gasteiger partial charge on any atom is -0.354 e. The summed E-state index contributed by atoms with van der Waals surface area (Å²) in [6.07, 6.45) is 0.638. The van der Waals surface area contributed by atoms with Crippen LogP contribution in [0.4, 0.5) is 8.78 Å². The molecule has 0 fully saturated rings. The highest BCUT2D eigenvalue weighted by atomic mass is 19.2. The molecule has 0 atom stereocenters. The molecule has 1 N–H and O–H groups in total. The molecule has 6 heteroatoms. The van der Waals surface area contributed by atoms with Crippen molar-refractivity contribution in [2.24, 2.45) is 0 Å². The third kappa shape index (κ3) is 2.29. The number of aromatic nitrogens is 1. The smallest absolute Gasteiger partial charge is 0.267 e. The first-order valence-electron chi connectivity index (χ1n) is 6.24. The number of rotatable bonds is 3. The lowest BCUT2D eigenvalue weighted by Crippen LogP contribution is -2.30. The van der Waals surface area contributed by atoms with E-state index in [9.17, 15) is 18.4 Å². The first-order valence-corrected chi connectivity index (χ1v) is 6.24. The van der Waals surface area contributed by atoms with E-state index < -0.39 is 23.1 Å². The van der Waals surface area contributed by atoms with E-state index in [2.05, 4.69) is 5.32 Å². The van der Waals surface area contributed by atoms with Crippen molar-refractivity contribution in [3.05, 3.63) is 45.9 Å². The largest absolute Gasteiger partial charge is 0.354 e. The molecule has 0 saturated carbocycles. The minimum absolute atomic E-state index is 0.0602. The molecule has 106 valence electrons. The quantitative estimate of drug-likeness (QED) is 0.935. The molecule has 0 unspecified atom stereocenters. The number of hydrogen-bond acceptors (Lipinski definition) is 2. The second-order valence-electron chi connectivity index (χ2n) is 4.42. The Kier molecular flexibility index (Phi) is 3.83. The van der Waals surface area contributed by atoms with Gasteiger partial charge in [0.05, 0.1) is 5.39 Å². The van der Waals surface area contributed by atoms with Crippen molar-refractivity contribution >= 4 is 16.7 Å². The standard InChI is InChI=1S/C14H14F2N2O2/c1-3-4-18-12(13(19)17-2)6-8-5-10(15)11(16)7-9(8)14(18)20/h5-7H,3-4H2,1-2H3,(H,17,19). The van der Waals surface area contributed by atoms with Crippen LogP contribution in [0, 0.1) is 11.6 Å². The lowest BCUT2D eigenvalue weighted by atomic mass is 10.1. The first kappa shape index (κ1) is 14.2. The molecule has 2 rings (SSSR count). The highest BCUT2D eigenvalue weighted by Crippen LogP contribution is 2.17. The molecule has 0 aliphatic rings. The van der Waals surface area contributed by atoms with Crippen molar-refractivity contribution in [3.63, 3.8) is 0 Å². The Bertz CT molecular complexity index is 738. The number of hydrogen-bond donors (Lipinski definition) is 1. The van der Waals surface area contributed by atoms with Gasteiger partial charge in [0.15, 0.2) is 11.6 Å². The monoisotopic (exact) mass is 280 g/mol. The lowest BCUT2D eigenvalue weighted by Gasteiger charge is -2.12. The van der Waals surface area contributed by atoms with Crippen LogP contribution in [0.3, 0.4) is 0 Å². The van der Waals surface area contributed by atoms with Gasteiger partial charge in [-0.25, -0.2) is 8.78 Å². The number of fused-ring (bicyclic) bond motifs is 1. The molecule has 0 bridgehead atoms. The van der Waals surface area contributed by atoms with Crippen LogP contribution in [0.5, 0.6) is 0 Å². The van der Waals surface area contributed by atoms with Gasteiger partial charge in [-0.05, 0) is 30.0 Å². The number of halogens is 2. The van der Waals surface area contributed by atoms with Crippen molar-refractivity contribution in [3.8, 4) is 0 Å². The molecule has 1 aromatic carbocycles.